The average molecular weight is 288 g/mol. The molecule has 0 saturated carbocycles. The van der Waals surface area contributed by atoms with Crippen LogP contribution in [0.3, 0.4) is 0 Å². The van der Waals surface area contributed by atoms with E-state index in [9.17, 15) is 23.1 Å². The maximum atomic E-state index is 12.4. The summed E-state index contributed by atoms with van der Waals surface area (Å²) in [5, 5.41) is 9.47. The SMILES string of the molecule is CC(O)C1CCN(C(=O)c2ccc(C(F)(F)F)cn2)C1. The van der Waals surface area contributed by atoms with Gasteiger partial charge in [-0.25, -0.2) is 0 Å². The molecule has 1 aromatic rings. The summed E-state index contributed by atoms with van der Waals surface area (Å²) < 4.78 is 37.2. The number of nitrogens with zero attached hydrogens (tertiary/aromatic N) is 2. The maximum absolute atomic E-state index is 12.4. The minimum atomic E-state index is -4.46. The number of aliphatic hydroxyl groups excluding tert-OH is 1. The van der Waals surface area contributed by atoms with E-state index < -0.39 is 23.8 Å². The summed E-state index contributed by atoms with van der Waals surface area (Å²) in [5.41, 5.74) is -0.887. The zero-order valence-corrected chi connectivity index (χ0v) is 10.9. The van der Waals surface area contributed by atoms with Crippen LogP contribution < -0.4 is 0 Å². The van der Waals surface area contributed by atoms with Crippen LogP contribution in [-0.2, 0) is 6.18 Å². The van der Waals surface area contributed by atoms with Gasteiger partial charge in [0.1, 0.15) is 5.69 Å². The summed E-state index contributed by atoms with van der Waals surface area (Å²) >= 11 is 0. The van der Waals surface area contributed by atoms with Crippen LogP contribution in [0.15, 0.2) is 18.3 Å². The van der Waals surface area contributed by atoms with E-state index in [2.05, 4.69) is 4.98 Å². The molecule has 2 atom stereocenters. The molecule has 1 aliphatic heterocycles. The van der Waals surface area contributed by atoms with E-state index in [4.69, 9.17) is 0 Å². The molecule has 1 aromatic heterocycles. The quantitative estimate of drug-likeness (QED) is 0.905. The predicted molar refractivity (Wildman–Crippen MR) is 64.9 cm³/mol. The van der Waals surface area contributed by atoms with Crippen LogP contribution in [0.25, 0.3) is 0 Å². The second-order valence-corrected chi connectivity index (χ2v) is 4.97. The maximum Gasteiger partial charge on any atom is 0.417 e. The fraction of sp³-hybridized carbons (Fsp3) is 0.538. The lowest BCUT2D eigenvalue weighted by molar-refractivity contribution is -0.137. The summed E-state index contributed by atoms with van der Waals surface area (Å²) in [6.07, 6.45) is -3.62. The molecule has 1 saturated heterocycles. The van der Waals surface area contributed by atoms with Crippen molar-refractivity contribution in [1.29, 1.82) is 0 Å². The number of amides is 1. The number of carbonyl (C=O) groups is 1. The molecule has 0 aliphatic carbocycles. The summed E-state index contributed by atoms with van der Waals surface area (Å²) in [7, 11) is 0. The van der Waals surface area contributed by atoms with Crippen molar-refractivity contribution in [2.75, 3.05) is 13.1 Å². The van der Waals surface area contributed by atoms with Crippen molar-refractivity contribution in [3.63, 3.8) is 0 Å². The highest BCUT2D eigenvalue weighted by Gasteiger charge is 2.32. The van der Waals surface area contributed by atoms with Gasteiger partial charge in [0, 0.05) is 25.2 Å². The van der Waals surface area contributed by atoms with E-state index in [0.29, 0.717) is 25.7 Å². The zero-order chi connectivity index (χ0) is 14.9. The van der Waals surface area contributed by atoms with Crippen molar-refractivity contribution in [2.24, 2.45) is 5.92 Å². The summed E-state index contributed by atoms with van der Waals surface area (Å²) in [5.74, 6) is -0.393. The Morgan fingerprint density at radius 1 is 1.50 bits per heavy atom. The van der Waals surface area contributed by atoms with Crippen LogP contribution in [-0.4, -0.2) is 40.1 Å². The third kappa shape index (κ3) is 3.09. The van der Waals surface area contributed by atoms with E-state index in [1.807, 2.05) is 0 Å². The lowest BCUT2D eigenvalue weighted by atomic mass is 10.0. The molecule has 0 radical (unpaired) electrons. The van der Waals surface area contributed by atoms with Gasteiger partial charge in [0.05, 0.1) is 11.7 Å². The Kier molecular flexibility index (Phi) is 3.99. The highest BCUT2D eigenvalue weighted by molar-refractivity contribution is 5.92. The Bertz CT molecular complexity index is 485. The highest BCUT2D eigenvalue weighted by Crippen LogP contribution is 2.28. The van der Waals surface area contributed by atoms with Crippen molar-refractivity contribution in [3.05, 3.63) is 29.6 Å². The number of rotatable bonds is 2. The largest absolute Gasteiger partial charge is 0.417 e. The smallest absolute Gasteiger partial charge is 0.393 e. The molecule has 4 nitrogen and oxygen atoms in total. The molecule has 1 aliphatic rings. The fourth-order valence-electron chi connectivity index (χ4n) is 2.22. The lowest BCUT2D eigenvalue weighted by Crippen LogP contribution is -2.31. The van der Waals surface area contributed by atoms with Gasteiger partial charge in [-0.05, 0) is 25.5 Å². The molecule has 7 heteroatoms. The van der Waals surface area contributed by atoms with Gasteiger partial charge in [0.25, 0.3) is 5.91 Å². The van der Waals surface area contributed by atoms with Gasteiger partial charge < -0.3 is 10.0 Å². The molecule has 2 unspecified atom stereocenters. The number of alkyl halides is 3. The second kappa shape index (κ2) is 5.40. The van der Waals surface area contributed by atoms with E-state index in [1.54, 1.807) is 6.92 Å². The van der Waals surface area contributed by atoms with Crippen LogP contribution in [0.1, 0.15) is 29.4 Å². The number of hydrogen-bond donors (Lipinski definition) is 1. The minimum Gasteiger partial charge on any atom is -0.393 e. The Morgan fingerprint density at radius 2 is 2.20 bits per heavy atom. The number of likely N-dealkylation sites (tertiary alicyclic amines) is 1. The first-order chi connectivity index (χ1) is 9.29. The molecule has 20 heavy (non-hydrogen) atoms. The Hall–Kier alpha value is -1.63. The molecule has 2 heterocycles. The first-order valence-electron chi connectivity index (χ1n) is 6.29. The summed E-state index contributed by atoms with van der Waals surface area (Å²) in [6, 6.07) is 1.93. The zero-order valence-electron chi connectivity index (χ0n) is 10.9. The number of halogens is 3. The van der Waals surface area contributed by atoms with Gasteiger partial charge >= 0.3 is 6.18 Å². The van der Waals surface area contributed by atoms with Crippen molar-refractivity contribution in [1.82, 2.24) is 9.88 Å². The van der Waals surface area contributed by atoms with Gasteiger partial charge in [0.2, 0.25) is 0 Å². The summed E-state index contributed by atoms with van der Waals surface area (Å²) in [6.45, 7) is 2.55. The topological polar surface area (TPSA) is 53.4 Å². The molecule has 0 aromatic carbocycles. The molecule has 1 N–H and O–H groups in total. The lowest BCUT2D eigenvalue weighted by Gasteiger charge is -2.17. The van der Waals surface area contributed by atoms with Crippen LogP contribution in [0.4, 0.5) is 13.2 Å². The third-order valence-electron chi connectivity index (χ3n) is 3.50. The molecule has 2 rings (SSSR count). The van der Waals surface area contributed by atoms with E-state index in [0.717, 1.165) is 12.1 Å². The Balaban J connectivity index is 2.07. The monoisotopic (exact) mass is 288 g/mol. The number of aliphatic hydroxyl groups is 1. The van der Waals surface area contributed by atoms with Crippen molar-refractivity contribution < 1.29 is 23.1 Å². The number of pyridine rings is 1. The van der Waals surface area contributed by atoms with E-state index in [1.165, 1.54) is 4.90 Å². The molecule has 0 spiro atoms. The van der Waals surface area contributed by atoms with Crippen LogP contribution in [0.5, 0.6) is 0 Å². The normalized spacial score (nSPS) is 21.1. The van der Waals surface area contributed by atoms with Gasteiger partial charge in [-0.15, -0.1) is 0 Å². The van der Waals surface area contributed by atoms with Crippen molar-refractivity contribution in [3.8, 4) is 0 Å². The Labute approximate surface area is 114 Å². The summed E-state index contributed by atoms with van der Waals surface area (Å²) in [4.78, 5) is 17.2. The average Bonchev–Trinajstić information content (AvgIpc) is 2.86. The van der Waals surface area contributed by atoms with Gasteiger partial charge in [0.15, 0.2) is 0 Å². The molecule has 110 valence electrons. The predicted octanol–water partition coefficient (Wildman–Crippen LogP) is 1.94. The minimum absolute atomic E-state index is 0.00778. The molecule has 1 fully saturated rings. The first kappa shape index (κ1) is 14.8. The van der Waals surface area contributed by atoms with Crippen molar-refractivity contribution in [2.45, 2.75) is 25.6 Å². The number of carbonyl (C=O) groups excluding carboxylic acids is 1. The van der Waals surface area contributed by atoms with E-state index >= 15 is 0 Å². The third-order valence-corrected chi connectivity index (χ3v) is 3.50. The molecular formula is C13H15F3N2O2. The van der Waals surface area contributed by atoms with Crippen LogP contribution in [0.2, 0.25) is 0 Å². The molecule has 1 amide bonds. The van der Waals surface area contributed by atoms with Crippen molar-refractivity contribution >= 4 is 5.91 Å². The van der Waals surface area contributed by atoms with Crippen LogP contribution in [0, 0.1) is 5.92 Å². The number of aromatic nitrogens is 1. The second-order valence-electron chi connectivity index (χ2n) is 4.97. The van der Waals surface area contributed by atoms with Gasteiger partial charge in [-0.1, -0.05) is 0 Å². The fourth-order valence-corrected chi connectivity index (χ4v) is 2.22. The van der Waals surface area contributed by atoms with Gasteiger partial charge in [-0.3, -0.25) is 9.78 Å². The highest BCUT2D eigenvalue weighted by atomic mass is 19.4. The van der Waals surface area contributed by atoms with Crippen LogP contribution >= 0.6 is 0 Å². The first-order valence-corrected chi connectivity index (χ1v) is 6.29. The van der Waals surface area contributed by atoms with Gasteiger partial charge in [-0.2, -0.15) is 13.2 Å². The molecule has 0 bridgehead atoms. The number of hydrogen-bond acceptors (Lipinski definition) is 3. The molecular weight excluding hydrogens is 273 g/mol. The Morgan fingerprint density at radius 3 is 2.65 bits per heavy atom. The standard InChI is InChI=1S/C13H15F3N2O2/c1-8(19)9-4-5-18(7-9)12(20)11-3-2-10(6-17-11)13(14,15)16/h2-3,6,8-9,19H,4-5,7H2,1H3. The van der Waals surface area contributed by atoms with E-state index in [-0.39, 0.29) is 11.6 Å².